The number of amides is 1. The lowest BCUT2D eigenvalue weighted by Crippen LogP contribution is -2.43. The van der Waals surface area contributed by atoms with Crippen LogP contribution in [0.25, 0.3) is 0 Å². The average Bonchev–Trinajstić information content (AvgIpc) is 2.39. The van der Waals surface area contributed by atoms with Crippen molar-refractivity contribution in [2.45, 2.75) is 31.7 Å². The summed E-state index contributed by atoms with van der Waals surface area (Å²) in [4.78, 5) is 15.9. The summed E-state index contributed by atoms with van der Waals surface area (Å²) in [5, 5.41) is 12.6. The smallest absolute Gasteiger partial charge is 0.251 e. The highest BCUT2D eigenvalue weighted by Crippen LogP contribution is 2.24. The third-order valence-corrected chi connectivity index (χ3v) is 3.66. The maximum absolute atomic E-state index is 12.0. The number of aromatic nitrogens is 1. The Bertz CT molecular complexity index is 425. The van der Waals surface area contributed by atoms with Crippen LogP contribution in [-0.2, 0) is 0 Å². The molecule has 18 heavy (non-hydrogen) atoms. The number of nitrogens with zero attached hydrogens (tertiary/aromatic N) is 1. The molecule has 5 heteroatoms. The van der Waals surface area contributed by atoms with E-state index in [0.717, 1.165) is 25.7 Å². The van der Waals surface area contributed by atoms with Crippen LogP contribution in [0.15, 0.2) is 18.3 Å². The molecule has 0 saturated heterocycles. The van der Waals surface area contributed by atoms with Gasteiger partial charge in [0.05, 0.1) is 0 Å². The van der Waals surface area contributed by atoms with Gasteiger partial charge in [-0.15, -0.1) is 0 Å². The van der Waals surface area contributed by atoms with Crippen LogP contribution in [0.5, 0.6) is 0 Å². The number of hydrogen-bond donors (Lipinski definition) is 2. The van der Waals surface area contributed by atoms with Crippen molar-refractivity contribution in [3.05, 3.63) is 29.0 Å². The summed E-state index contributed by atoms with van der Waals surface area (Å²) in [7, 11) is 0. The van der Waals surface area contributed by atoms with E-state index in [4.69, 9.17) is 11.6 Å². The van der Waals surface area contributed by atoms with Gasteiger partial charge < -0.3 is 10.4 Å². The summed E-state index contributed by atoms with van der Waals surface area (Å²) in [6, 6.07) is 3.24. The third-order valence-electron chi connectivity index (χ3n) is 3.45. The summed E-state index contributed by atoms with van der Waals surface area (Å²) in [5.41, 5.74) is 0.511. The molecule has 0 spiro atoms. The number of pyridine rings is 1. The minimum atomic E-state index is -0.148. The van der Waals surface area contributed by atoms with E-state index < -0.39 is 0 Å². The van der Waals surface area contributed by atoms with Gasteiger partial charge in [-0.2, -0.15) is 0 Å². The Morgan fingerprint density at radius 1 is 1.50 bits per heavy atom. The van der Waals surface area contributed by atoms with Crippen molar-refractivity contribution in [1.82, 2.24) is 10.3 Å². The SMILES string of the molecule is O=C(NC1CCCCC1CO)c1ccnc(Cl)c1. The lowest BCUT2D eigenvalue weighted by molar-refractivity contribution is 0.0872. The first-order valence-corrected chi connectivity index (χ1v) is 6.62. The molecule has 98 valence electrons. The van der Waals surface area contributed by atoms with Crippen LogP contribution < -0.4 is 5.32 Å². The molecule has 2 atom stereocenters. The predicted molar refractivity (Wildman–Crippen MR) is 69.5 cm³/mol. The molecule has 2 unspecified atom stereocenters. The first-order valence-electron chi connectivity index (χ1n) is 6.24. The number of aliphatic hydroxyl groups excluding tert-OH is 1. The number of aliphatic hydroxyl groups is 1. The third kappa shape index (κ3) is 3.21. The fraction of sp³-hybridized carbons (Fsp3) is 0.538. The fourth-order valence-electron chi connectivity index (χ4n) is 2.41. The first kappa shape index (κ1) is 13.3. The monoisotopic (exact) mass is 268 g/mol. The van der Waals surface area contributed by atoms with Crippen LogP contribution >= 0.6 is 11.6 Å². The molecule has 1 saturated carbocycles. The van der Waals surface area contributed by atoms with Crippen LogP contribution in [0.2, 0.25) is 5.15 Å². The molecule has 1 fully saturated rings. The largest absolute Gasteiger partial charge is 0.396 e. The second-order valence-corrected chi connectivity index (χ2v) is 5.06. The van der Waals surface area contributed by atoms with Crippen molar-refractivity contribution in [3.8, 4) is 0 Å². The maximum atomic E-state index is 12.0. The molecule has 1 amide bonds. The maximum Gasteiger partial charge on any atom is 0.251 e. The van der Waals surface area contributed by atoms with Crippen LogP contribution in [0.4, 0.5) is 0 Å². The Hall–Kier alpha value is -1.13. The zero-order valence-electron chi connectivity index (χ0n) is 10.1. The zero-order chi connectivity index (χ0) is 13.0. The standard InChI is InChI=1S/C13H17ClN2O2/c14-12-7-9(5-6-15-12)13(18)16-11-4-2-1-3-10(11)8-17/h5-7,10-11,17H,1-4,8H2,(H,16,18). The number of rotatable bonds is 3. The normalized spacial score (nSPS) is 23.7. The molecule has 0 bridgehead atoms. The van der Waals surface area contributed by atoms with Crippen LogP contribution in [0.3, 0.4) is 0 Å². The number of halogens is 1. The lowest BCUT2D eigenvalue weighted by atomic mass is 9.85. The molecule has 2 N–H and O–H groups in total. The summed E-state index contributed by atoms with van der Waals surface area (Å²) in [6.45, 7) is 0.127. The zero-order valence-corrected chi connectivity index (χ0v) is 10.9. The van der Waals surface area contributed by atoms with Crippen molar-refractivity contribution in [1.29, 1.82) is 0 Å². The van der Waals surface area contributed by atoms with E-state index in [-0.39, 0.29) is 24.5 Å². The van der Waals surface area contributed by atoms with E-state index in [1.165, 1.54) is 6.20 Å². The highest BCUT2D eigenvalue weighted by atomic mass is 35.5. The van der Waals surface area contributed by atoms with Gasteiger partial charge in [0.25, 0.3) is 5.91 Å². The molecule has 2 rings (SSSR count). The topological polar surface area (TPSA) is 62.2 Å². The minimum Gasteiger partial charge on any atom is -0.396 e. The van der Waals surface area contributed by atoms with E-state index in [0.29, 0.717) is 10.7 Å². The van der Waals surface area contributed by atoms with Gasteiger partial charge in [-0.1, -0.05) is 24.4 Å². The second-order valence-electron chi connectivity index (χ2n) is 4.67. The quantitative estimate of drug-likeness (QED) is 0.825. The molecule has 1 aromatic heterocycles. The molecule has 1 aliphatic rings. The van der Waals surface area contributed by atoms with Crippen molar-refractivity contribution < 1.29 is 9.90 Å². The van der Waals surface area contributed by atoms with Gasteiger partial charge in [0.2, 0.25) is 0 Å². The molecule has 0 aromatic carbocycles. The molecule has 1 aromatic rings. The summed E-state index contributed by atoms with van der Waals surface area (Å²) < 4.78 is 0. The van der Waals surface area contributed by atoms with E-state index in [1.807, 2.05) is 0 Å². The Morgan fingerprint density at radius 2 is 2.28 bits per heavy atom. The van der Waals surface area contributed by atoms with Gasteiger partial charge >= 0.3 is 0 Å². The van der Waals surface area contributed by atoms with E-state index in [1.54, 1.807) is 12.1 Å². The van der Waals surface area contributed by atoms with Crippen molar-refractivity contribution in [2.24, 2.45) is 5.92 Å². The molecule has 0 aliphatic heterocycles. The van der Waals surface area contributed by atoms with Crippen LogP contribution in [-0.4, -0.2) is 28.6 Å². The van der Waals surface area contributed by atoms with Crippen LogP contribution in [0.1, 0.15) is 36.0 Å². The summed E-state index contributed by atoms with van der Waals surface area (Å²) in [6.07, 6.45) is 5.63. The summed E-state index contributed by atoms with van der Waals surface area (Å²) >= 11 is 5.76. The Labute approximate surface area is 111 Å². The van der Waals surface area contributed by atoms with E-state index in [2.05, 4.69) is 10.3 Å². The first-order chi connectivity index (χ1) is 8.70. The van der Waals surface area contributed by atoms with E-state index in [9.17, 15) is 9.90 Å². The molecule has 1 aliphatic carbocycles. The lowest BCUT2D eigenvalue weighted by Gasteiger charge is -2.30. The van der Waals surface area contributed by atoms with Gasteiger partial charge in [0, 0.05) is 30.3 Å². The van der Waals surface area contributed by atoms with Gasteiger partial charge in [0.15, 0.2) is 0 Å². The van der Waals surface area contributed by atoms with Crippen molar-refractivity contribution in [3.63, 3.8) is 0 Å². The number of carbonyl (C=O) groups excluding carboxylic acids is 1. The van der Waals surface area contributed by atoms with Crippen LogP contribution in [0, 0.1) is 5.92 Å². The van der Waals surface area contributed by atoms with E-state index >= 15 is 0 Å². The Balaban J connectivity index is 2.02. The number of nitrogens with one attached hydrogen (secondary N) is 1. The molecular weight excluding hydrogens is 252 g/mol. The van der Waals surface area contributed by atoms with Gasteiger partial charge in [-0.25, -0.2) is 4.98 Å². The summed E-state index contributed by atoms with van der Waals surface area (Å²) in [5.74, 6) is 0.0182. The second kappa shape index (κ2) is 6.16. The Morgan fingerprint density at radius 3 is 3.00 bits per heavy atom. The van der Waals surface area contributed by atoms with Gasteiger partial charge in [-0.05, 0) is 25.0 Å². The number of hydrogen-bond acceptors (Lipinski definition) is 3. The fourth-order valence-corrected chi connectivity index (χ4v) is 2.59. The van der Waals surface area contributed by atoms with Crippen molar-refractivity contribution in [2.75, 3.05) is 6.61 Å². The molecular formula is C13H17ClN2O2. The Kier molecular flexibility index (Phi) is 4.55. The minimum absolute atomic E-state index is 0.0585. The highest BCUT2D eigenvalue weighted by molar-refractivity contribution is 6.29. The molecule has 0 radical (unpaired) electrons. The van der Waals surface area contributed by atoms with Gasteiger partial charge in [0.1, 0.15) is 5.15 Å². The predicted octanol–water partition coefficient (Wildman–Crippen LogP) is 2.02. The van der Waals surface area contributed by atoms with Gasteiger partial charge in [-0.3, -0.25) is 4.79 Å². The molecule has 4 nitrogen and oxygen atoms in total. The number of carbonyl (C=O) groups is 1. The molecule has 1 heterocycles. The van der Waals surface area contributed by atoms with Crippen molar-refractivity contribution >= 4 is 17.5 Å². The highest BCUT2D eigenvalue weighted by Gasteiger charge is 2.26. The average molecular weight is 269 g/mol.